The van der Waals surface area contributed by atoms with E-state index < -0.39 is 23.3 Å². The first-order valence-corrected chi connectivity index (χ1v) is 6.39. The lowest BCUT2D eigenvalue weighted by atomic mass is 9.90. The predicted molar refractivity (Wildman–Crippen MR) is 75.0 cm³/mol. The third kappa shape index (κ3) is 3.14. The number of hydrogen-bond donors (Lipinski definition) is 0. The summed E-state index contributed by atoms with van der Waals surface area (Å²) in [5, 5.41) is 9.25. The molecule has 0 radical (unpaired) electrons. The maximum atomic E-state index is 13.2. The smallest absolute Gasteiger partial charge is 0.184 e. The molecule has 0 saturated carbocycles. The van der Waals surface area contributed by atoms with E-state index in [1.54, 1.807) is 12.1 Å². The summed E-state index contributed by atoms with van der Waals surface area (Å²) in [6.07, 6.45) is 0. The minimum atomic E-state index is -1.08. The van der Waals surface area contributed by atoms with Gasteiger partial charge >= 0.3 is 0 Å². The molecule has 21 heavy (non-hydrogen) atoms. The normalized spacial score (nSPS) is 11.8. The molecule has 2 aromatic carbocycles. The second kappa shape index (κ2) is 5.84. The average molecular weight is 285 g/mol. The van der Waals surface area contributed by atoms with Crippen LogP contribution in [0.3, 0.4) is 0 Å². The van der Waals surface area contributed by atoms with E-state index in [2.05, 4.69) is 0 Å². The minimum Gasteiger partial charge on any atom is -0.292 e. The van der Waals surface area contributed by atoms with Crippen LogP contribution >= 0.6 is 0 Å². The van der Waals surface area contributed by atoms with Crippen LogP contribution in [0.15, 0.2) is 36.4 Å². The van der Waals surface area contributed by atoms with Crippen molar-refractivity contribution in [3.8, 4) is 6.07 Å². The molecule has 0 N–H and O–H groups in total. The first-order chi connectivity index (χ1) is 9.92. The summed E-state index contributed by atoms with van der Waals surface area (Å²) in [5.74, 6) is -3.37. The Morgan fingerprint density at radius 3 is 2.19 bits per heavy atom. The molecule has 4 heteroatoms. The SMILES string of the molecule is Cc1ccc(C(C#N)C(=O)c2cc(F)cc(F)c2)cc1C. The summed E-state index contributed by atoms with van der Waals surface area (Å²) in [6, 6.07) is 9.72. The number of hydrogen-bond acceptors (Lipinski definition) is 2. The van der Waals surface area contributed by atoms with E-state index in [9.17, 15) is 18.8 Å². The molecular weight excluding hydrogens is 272 g/mol. The van der Waals surface area contributed by atoms with Gasteiger partial charge in [0.15, 0.2) is 5.78 Å². The zero-order valence-electron chi connectivity index (χ0n) is 11.7. The number of halogens is 2. The van der Waals surface area contributed by atoms with Crippen molar-refractivity contribution in [3.63, 3.8) is 0 Å². The Bertz CT molecular complexity index is 727. The van der Waals surface area contributed by atoms with E-state index >= 15 is 0 Å². The highest BCUT2D eigenvalue weighted by atomic mass is 19.1. The van der Waals surface area contributed by atoms with Crippen LogP contribution in [0.1, 0.15) is 33.0 Å². The molecule has 2 nitrogen and oxygen atoms in total. The number of nitriles is 1. The van der Waals surface area contributed by atoms with Gasteiger partial charge in [-0.1, -0.05) is 18.2 Å². The Hall–Kier alpha value is -2.54. The molecule has 0 fully saturated rings. The molecule has 0 heterocycles. The van der Waals surface area contributed by atoms with Crippen molar-refractivity contribution in [1.29, 1.82) is 5.26 Å². The van der Waals surface area contributed by atoms with E-state index in [4.69, 9.17) is 0 Å². The van der Waals surface area contributed by atoms with Gasteiger partial charge in [-0.05, 0) is 42.7 Å². The van der Waals surface area contributed by atoms with Gasteiger partial charge in [-0.2, -0.15) is 5.26 Å². The second-order valence-corrected chi connectivity index (χ2v) is 4.93. The van der Waals surface area contributed by atoms with Gasteiger partial charge in [0.05, 0.1) is 6.07 Å². The van der Waals surface area contributed by atoms with Crippen molar-refractivity contribution >= 4 is 5.78 Å². The van der Waals surface area contributed by atoms with Gasteiger partial charge in [-0.25, -0.2) is 8.78 Å². The van der Waals surface area contributed by atoms with Crippen molar-refractivity contribution in [2.45, 2.75) is 19.8 Å². The summed E-state index contributed by atoms with van der Waals surface area (Å²) < 4.78 is 26.4. The fourth-order valence-electron chi connectivity index (χ4n) is 2.09. The van der Waals surface area contributed by atoms with Crippen molar-refractivity contribution in [2.75, 3.05) is 0 Å². The van der Waals surface area contributed by atoms with E-state index in [0.29, 0.717) is 11.6 Å². The maximum Gasteiger partial charge on any atom is 0.184 e. The monoisotopic (exact) mass is 285 g/mol. The van der Waals surface area contributed by atoms with Crippen LogP contribution in [-0.2, 0) is 0 Å². The molecule has 0 aliphatic heterocycles. The lowest BCUT2D eigenvalue weighted by molar-refractivity contribution is 0.0978. The fourth-order valence-corrected chi connectivity index (χ4v) is 2.09. The van der Waals surface area contributed by atoms with Crippen LogP contribution in [0.25, 0.3) is 0 Å². The van der Waals surface area contributed by atoms with Crippen molar-refractivity contribution < 1.29 is 13.6 Å². The first-order valence-electron chi connectivity index (χ1n) is 6.39. The second-order valence-electron chi connectivity index (χ2n) is 4.93. The number of aryl methyl sites for hydroxylation is 2. The predicted octanol–water partition coefficient (Wildman–Crippen LogP) is 4.07. The number of ketones is 1. The van der Waals surface area contributed by atoms with Gasteiger partial charge in [0.1, 0.15) is 17.6 Å². The topological polar surface area (TPSA) is 40.9 Å². The Labute approximate surface area is 121 Å². The van der Waals surface area contributed by atoms with E-state index in [1.165, 1.54) is 0 Å². The molecule has 0 aliphatic rings. The standard InChI is InChI=1S/C17H13F2NO/c1-10-3-4-12(5-11(10)2)16(9-20)17(21)13-6-14(18)8-15(19)7-13/h3-8,16H,1-2H3. The van der Waals surface area contributed by atoms with E-state index in [1.807, 2.05) is 26.0 Å². The molecular formula is C17H13F2NO. The van der Waals surface area contributed by atoms with Crippen molar-refractivity contribution in [2.24, 2.45) is 0 Å². The summed E-state index contributed by atoms with van der Waals surface area (Å²) in [7, 11) is 0. The number of carbonyl (C=O) groups is 1. The fraction of sp³-hybridized carbons (Fsp3) is 0.176. The highest BCUT2D eigenvalue weighted by Gasteiger charge is 2.23. The molecule has 0 aliphatic carbocycles. The molecule has 0 saturated heterocycles. The van der Waals surface area contributed by atoms with Gasteiger partial charge in [-0.15, -0.1) is 0 Å². The van der Waals surface area contributed by atoms with Gasteiger partial charge in [0.2, 0.25) is 0 Å². The molecule has 0 amide bonds. The van der Waals surface area contributed by atoms with Crippen molar-refractivity contribution in [3.05, 3.63) is 70.3 Å². The number of carbonyl (C=O) groups excluding carboxylic acids is 1. The Morgan fingerprint density at radius 2 is 1.67 bits per heavy atom. The Kier molecular flexibility index (Phi) is 4.13. The maximum absolute atomic E-state index is 13.2. The zero-order chi connectivity index (χ0) is 15.6. The van der Waals surface area contributed by atoms with Crippen LogP contribution in [0, 0.1) is 36.8 Å². The highest BCUT2D eigenvalue weighted by Crippen LogP contribution is 2.23. The number of benzene rings is 2. The Balaban J connectivity index is 2.43. The number of Topliss-reactive ketones (excluding diaryl/α,β-unsaturated/α-hetero) is 1. The zero-order valence-corrected chi connectivity index (χ0v) is 11.7. The van der Waals surface area contributed by atoms with Gasteiger partial charge in [0.25, 0.3) is 0 Å². The molecule has 1 atom stereocenters. The molecule has 0 spiro atoms. The molecule has 0 bridgehead atoms. The van der Waals surface area contributed by atoms with Gasteiger partial charge in [0, 0.05) is 11.6 Å². The summed E-state index contributed by atoms with van der Waals surface area (Å²) in [6.45, 7) is 3.80. The minimum absolute atomic E-state index is 0.141. The molecule has 2 rings (SSSR count). The summed E-state index contributed by atoms with van der Waals surface area (Å²) in [4.78, 5) is 12.3. The van der Waals surface area contributed by atoms with Crippen LogP contribution in [-0.4, -0.2) is 5.78 Å². The third-order valence-corrected chi connectivity index (χ3v) is 3.40. The van der Waals surface area contributed by atoms with Crippen LogP contribution < -0.4 is 0 Å². The molecule has 106 valence electrons. The summed E-state index contributed by atoms with van der Waals surface area (Å²) >= 11 is 0. The quantitative estimate of drug-likeness (QED) is 0.797. The molecule has 2 aromatic rings. The van der Waals surface area contributed by atoms with Crippen LogP contribution in [0.2, 0.25) is 0 Å². The average Bonchev–Trinajstić information content (AvgIpc) is 2.42. The third-order valence-electron chi connectivity index (χ3n) is 3.40. The lowest BCUT2D eigenvalue weighted by Gasteiger charge is -2.11. The lowest BCUT2D eigenvalue weighted by Crippen LogP contribution is -2.12. The van der Waals surface area contributed by atoms with Crippen LogP contribution in [0.4, 0.5) is 8.78 Å². The van der Waals surface area contributed by atoms with Crippen LogP contribution in [0.5, 0.6) is 0 Å². The number of nitrogens with zero attached hydrogens (tertiary/aromatic N) is 1. The molecule has 1 unspecified atom stereocenters. The Morgan fingerprint density at radius 1 is 1.05 bits per heavy atom. The largest absolute Gasteiger partial charge is 0.292 e. The molecule has 0 aromatic heterocycles. The first kappa shape index (κ1) is 14.9. The highest BCUT2D eigenvalue weighted by molar-refractivity contribution is 6.02. The van der Waals surface area contributed by atoms with Crippen molar-refractivity contribution in [1.82, 2.24) is 0 Å². The van der Waals surface area contributed by atoms with Gasteiger partial charge in [-0.3, -0.25) is 4.79 Å². The van der Waals surface area contributed by atoms with E-state index in [0.717, 1.165) is 23.3 Å². The number of rotatable bonds is 3. The summed E-state index contributed by atoms with van der Waals surface area (Å²) in [5.41, 5.74) is 2.37. The van der Waals surface area contributed by atoms with Gasteiger partial charge < -0.3 is 0 Å². The van der Waals surface area contributed by atoms with E-state index in [-0.39, 0.29) is 5.56 Å².